The zero-order valence-corrected chi connectivity index (χ0v) is 12.9. The van der Waals surface area contributed by atoms with Crippen molar-refractivity contribution < 1.29 is 10.2 Å². The molecule has 118 valence electrons. The van der Waals surface area contributed by atoms with Crippen LogP contribution in [0.1, 0.15) is 31.2 Å². The minimum absolute atomic E-state index is 0.139. The van der Waals surface area contributed by atoms with Crippen LogP contribution in [-0.2, 0) is 6.42 Å². The van der Waals surface area contributed by atoms with Crippen molar-refractivity contribution in [1.82, 2.24) is 5.32 Å². The summed E-state index contributed by atoms with van der Waals surface area (Å²) in [6, 6.07) is 14.7. The predicted octanol–water partition coefficient (Wildman–Crippen LogP) is 2.64. The molecule has 3 N–H and O–H groups in total. The van der Waals surface area contributed by atoms with E-state index in [0.29, 0.717) is 13.0 Å². The minimum Gasteiger partial charge on any atom is -0.392 e. The molecule has 3 atom stereocenters. The highest BCUT2D eigenvalue weighted by atomic mass is 16.3. The lowest BCUT2D eigenvalue weighted by atomic mass is 9.92. The fourth-order valence-electron chi connectivity index (χ4n) is 3.35. The Hall–Kier alpha value is -1.42. The quantitative estimate of drug-likeness (QED) is 0.795. The molecule has 0 amide bonds. The van der Waals surface area contributed by atoms with Gasteiger partial charge in [0.15, 0.2) is 0 Å². The van der Waals surface area contributed by atoms with Crippen molar-refractivity contribution in [2.75, 3.05) is 6.54 Å². The Balaban J connectivity index is 1.55. The van der Waals surface area contributed by atoms with Gasteiger partial charge in [-0.3, -0.25) is 0 Å². The van der Waals surface area contributed by atoms with Gasteiger partial charge < -0.3 is 15.5 Å². The van der Waals surface area contributed by atoms with Gasteiger partial charge in [-0.2, -0.15) is 0 Å². The van der Waals surface area contributed by atoms with Crippen LogP contribution in [0, 0.1) is 0 Å². The molecule has 1 unspecified atom stereocenters. The third kappa shape index (κ3) is 3.86. The summed E-state index contributed by atoms with van der Waals surface area (Å²) in [4.78, 5) is 0. The van der Waals surface area contributed by atoms with Crippen LogP contribution in [0.4, 0.5) is 0 Å². The van der Waals surface area contributed by atoms with Gasteiger partial charge in [-0.1, -0.05) is 55.3 Å². The van der Waals surface area contributed by atoms with Gasteiger partial charge in [0.25, 0.3) is 0 Å². The van der Waals surface area contributed by atoms with Crippen LogP contribution in [0.25, 0.3) is 10.8 Å². The highest BCUT2D eigenvalue weighted by Crippen LogP contribution is 2.19. The zero-order valence-electron chi connectivity index (χ0n) is 12.9. The van der Waals surface area contributed by atoms with E-state index in [4.69, 9.17) is 0 Å². The molecule has 0 aromatic heterocycles. The lowest BCUT2D eigenvalue weighted by molar-refractivity contribution is 0.0798. The van der Waals surface area contributed by atoms with Crippen LogP contribution >= 0.6 is 0 Å². The molecule has 2 aromatic rings. The van der Waals surface area contributed by atoms with Crippen LogP contribution in [0.2, 0.25) is 0 Å². The van der Waals surface area contributed by atoms with E-state index in [-0.39, 0.29) is 12.1 Å². The molecule has 0 radical (unpaired) electrons. The topological polar surface area (TPSA) is 52.5 Å². The Morgan fingerprint density at radius 2 is 1.82 bits per heavy atom. The molecule has 0 spiro atoms. The first-order valence-electron chi connectivity index (χ1n) is 8.29. The maximum absolute atomic E-state index is 10.2. The second kappa shape index (κ2) is 7.23. The van der Waals surface area contributed by atoms with Crippen LogP contribution in [0.5, 0.6) is 0 Å². The van der Waals surface area contributed by atoms with Crippen molar-refractivity contribution in [3.05, 3.63) is 48.0 Å². The first kappa shape index (κ1) is 15.5. The number of nitrogens with one attached hydrogen (secondary N) is 1. The fourth-order valence-corrected chi connectivity index (χ4v) is 3.35. The minimum atomic E-state index is -0.421. The van der Waals surface area contributed by atoms with Crippen LogP contribution in [-0.4, -0.2) is 35.0 Å². The summed E-state index contributed by atoms with van der Waals surface area (Å²) < 4.78 is 0. The number of hydrogen-bond donors (Lipinski definition) is 3. The Kier molecular flexibility index (Phi) is 5.08. The van der Waals surface area contributed by atoms with Gasteiger partial charge >= 0.3 is 0 Å². The van der Waals surface area contributed by atoms with Crippen LogP contribution < -0.4 is 5.32 Å². The first-order chi connectivity index (χ1) is 10.7. The van der Waals surface area contributed by atoms with Gasteiger partial charge in [0.1, 0.15) is 0 Å². The van der Waals surface area contributed by atoms with Crippen molar-refractivity contribution in [3.8, 4) is 0 Å². The van der Waals surface area contributed by atoms with Crippen LogP contribution in [0.3, 0.4) is 0 Å². The first-order valence-corrected chi connectivity index (χ1v) is 8.29. The summed E-state index contributed by atoms with van der Waals surface area (Å²) >= 11 is 0. The second-order valence-electron chi connectivity index (χ2n) is 6.41. The summed E-state index contributed by atoms with van der Waals surface area (Å²) in [7, 11) is 0. The predicted molar refractivity (Wildman–Crippen MR) is 89.9 cm³/mol. The number of benzene rings is 2. The van der Waals surface area contributed by atoms with Gasteiger partial charge in [0, 0.05) is 12.6 Å². The fraction of sp³-hybridized carbons (Fsp3) is 0.474. The van der Waals surface area contributed by atoms with E-state index in [1.807, 2.05) is 12.1 Å². The second-order valence-corrected chi connectivity index (χ2v) is 6.41. The Morgan fingerprint density at radius 3 is 2.64 bits per heavy atom. The number of fused-ring (bicyclic) bond motifs is 1. The molecular formula is C19H25NO2. The third-order valence-electron chi connectivity index (χ3n) is 4.63. The van der Waals surface area contributed by atoms with E-state index in [2.05, 4.69) is 35.6 Å². The summed E-state index contributed by atoms with van der Waals surface area (Å²) in [5.41, 5.74) is 1.15. The Labute approximate surface area is 132 Å². The number of aliphatic hydroxyl groups is 2. The summed E-state index contributed by atoms with van der Waals surface area (Å²) in [5, 5.41) is 26.0. The van der Waals surface area contributed by atoms with Crippen molar-refractivity contribution in [2.45, 2.75) is 50.4 Å². The van der Waals surface area contributed by atoms with E-state index in [1.165, 1.54) is 10.8 Å². The molecule has 1 aliphatic carbocycles. The number of hydrogen-bond acceptors (Lipinski definition) is 3. The maximum atomic E-state index is 10.2. The molecule has 1 aliphatic rings. The molecule has 0 bridgehead atoms. The van der Waals surface area contributed by atoms with E-state index in [1.54, 1.807) is 0 Å². The third-order valence-corrected chi connectivity index (χ3v) is 4.63. The number of aliphatic hydroxyl groups excluding tert-OH is 2. The van der Waals surface area contributed by atoms with Crippen molar-refractivity contribution in [1.29, 1.82) is 0 Å². The van der Waals surface area contributed by atoms with E-state index >= 15 is 0 Å². The monoisotopic (exact) mass is 299 g/mol. The largest absolute Gasteiger partial charge is 0.392 e. The molecule has 22 heavy (non-hydrogen) atoms. The van der Waals surface area contributed by atoms with Gasteiger partial charge in [-0.15, -0.1) is 0 Å². The van der Waals surface area contributed by atoms with Gasteiger partial charge in [0.2, 0.25) is 0 Å². The van der Waals surface area contributed by atoms with Gasteiger partial charge in [0.05, 0.1) is 12.2 Å². The molecule has 0 heterocycles. The SMILES string of the molecule is OC(CN[C@@H]1CCCC[C@H]1O)Cc1ccc2ccccc2c1. The van der Waals surface area contributed by atoms with Crippen molar-refractivity contribution in [2.24, 2.45) is 0 Å². The van der Waals surface area contributed by atoms with Crippen molar-refractivity contribution >= 4 is 10.8 Å². The molecule has 2 aromatic carbocycles. The summed E-state index contributed by atoms with van der Waals surface area (Å²) in [5.74, 6) is 0. The zero-order chi connectivity index (χ0) is 15.4. The van der Waals surface area contributed by atoms with Gasteiger partial charge in [-0.25, -0.2) is 0 Å². The summed E-state index contributed by atoms with van der Waals surface area (Å²) in [6.07, 6.45) is 4.11. The average Bonchev–Trinajstić information content (AvgIpc) is 2.54. The smallest absolute Gasteiger partial charge is 0.0704 e. The normalized spacial score (nSPS) is 23.5. The van der Waals surface area contributed by atoms with E-state index < -0.39 is 6.10 Å². The molecule has 3 rings (SSSR count). The Morgan fingerprint density at radius 1 is 1.05 bits per heavy atom. The van der Waals surface area contributed by atoms with Crippen LogP contribution in [0.15, 0.2) is 42.5 Å². The average molecular weight is 299 g/mol. The molecule has 1 saturated carbocycles. The molecular weight excluding hydrogens is 274 g/mol. The lowest BCUT2D eigenvalue weighted by Crippen LogP contribution is -2.45. The molecule has 0 saturated heterocycles. The van der Waals surface area contributed by atoms with Gasteiger partial charge in [-0.05, 0) is 35.6 Å². The molecule has 3 nitrogen and oxygen atoms in total. The highest BCUT2D eigenvalue weighted by Gasteiger charge is 2.22. The molecule has 0 aliphatic heterocycles. The molecule has 3 heteroatoms. The Bertz CT molecular complexity index is 613. The number of rotatable bonds is 5. The maximum Gasteiger partial charge on any atom is 0.0704 e. The van der Waals surface area contributed by atoms with E-state index in [9.17, 15) is 10.2 Å². The van der Waals surface area contributed by atoms with E-state index in [0.717, 1.165) is 31.2 Å². The standard InChI is InChI=1S/C19H25NO2/c21-17(13-20-18-7-3-4-8-19(18)22)12-14-9-10-15-5-1-2-6-16(15)11-14/h1-2,5-6,9-11,17-22H,3-4,7-8,12-13H2/t17?,18-,19-/m1/s1. The molecule has 1 fully saturated rings. The lowest BCUT2D eigenvalue weighted by Gasteiger charge is -2.29. The highest BCUT2D eigenvalue weighted by molar-refractivity contribution is 5.82. The van der Waals surface area contributed by atoms with Crippen molar-refractivity contribution in [3.63, 3.8) is 0 Å². The summed E-state index contributed by atoms with van der Waals surface area (Å²) in [6.45, 7) is 0.536.